The molecule has 1 heterocycles. The van der Waals surface area contributed by atoms with Crippen molar-refractivity contribution in [2.24, 2.45) is 0 Å². The summed E-state index contributed by atoms with van der Waals surface area (Å²) in [6.07, 6.45) is 15.8. The lowest BCUT2D eigenvalue weighted by Gasteiger charge is -2.08. The smallest absolute Gasteiger partial charge is 0.0894 e. The molecule has 0 spiro atoms. The highest BCUT2D eigenvalue weighted by molar-refractivity contribution is 6.31. The molecule has 5 aromatic rings. The number of hydrogen-bond acceptors (Lipinski definition) is 2. The molecule has 1 aromatic heterocycles. The van der Waals surface area contributed by atoms with Gasteiger partial charge >= 0.3 is 0 Å². The zero-order valence-electron chi connectivity index (χ0n) is 22.3. The van der Waals surface area contributed by atoms with Crippen LogP contribution in [0, 0.1) is 0 Å². The fourth-order valence-electron chi connectivity index (χ4n) is 3.98. The van der Waals surface area contributed by atoms with Crippen LogP contribution in [0.1, 0.15) is 45.0 Å². The minimum atomic E-state index is 0.685. The number of hydrogen-bond donors (Lipinski definition) is 0. The van der Waals surface area contributed by atoms with Gasteiger partial charge in [-0.25, -0.2) is 9.97 Å². The Hall–Kier alpha value is -3.92. The first-order chi connectivity index (χ1) is 20.4. The van der Waals surface area contributed by atoms with Gasteiger partial charge in [0.25, 0.3) is 0 Å². The highest BCUT2D eigenvalue weighted by Crippen LogP contribution is 2.22. The van der Waals surface area contributed by atoms with E-state index in [1.807, 2.05) is 146 Å². The van der Waals surface area contributed by atoms with E-state index in [-0.39, 0.29) is 0 Å². The standard InChI is InChI=1S/C36H24Cl4N2/c37-29-13-1-25(2-14-29)9-21-33-34(22-10-26-3-15-30(38)16-4-26)42-36(24-12-28-7-19-32(40)20-8-28)35(41-33)23-11-27-5-17-31(39)18-6-27/h1-24H/b21-9+,22-10+,23-11+,24-12+. The van der Waals surface area contributed by atoms with E-state index in [0.29, 0.717) is 20.1 Å². The Balaban J connectivity index is 1.60. The predicted molar refractivity (Wildman–Crippen MR) is 184 cm³/mol. The maximum atomic E-state index is 6.09. The highest BCUT2D eigenvalue weighted by Gasteiger charge is 2.08. The van der Waals surface area contributed by atoms with Crippen LogP contribution in [0.3, 0.4) is 0 Å². The minimum absolute atomic E-state index is 0.685. The lowest BCUT2D eigenvalue weighted by molar-refractivity contribution is 1.12. The molecule has 2 nitrogen and oxygen atoms in total. The lowest BCUT2D eigenvalue weighted by atomic mass is 10.1. The zero-order valence-corrected chi connectivity index (χ0v) is 25.3. The number of aromatic nitrogens is 2. The van der Waals surface area contributed by atoms with Crippen molar-refractivity contribution in [1.82, 2.24) is 9.97 Å². The molecule has 0 fully saturated rings. The Kier molecular flexibility index (Phi) is 10.1. The van der Waals surface area contributed by atoms with Gasteiger partial charge in [-0.15, -0.1) is 0 Å². The second-order valence-corrected chi connectivity index (χ2v) is 11.0. The molecule has 42 heavy (non-hydrogen) atoms. The summed E-state index contributed by atoms with van der Waals surface area (Å²) in [6, 6.07) is 30.5. The van der Waals surface area contributed by atoms with Crippen LogP contribution in [-0.4, -0.2) is 9.97 Å². The molecule has 0 unspecified atom stereocenters. The normalized spacial score (nSPS) is 11.9. The zero-order chi connectivity index (χ0) is 29.3. The van der Waals surface area contributed by atoms with Crippen LogP contribution >= 0.6 is 46.4 Å². The molecular weight excluding hydrogens is 602 g/mol. The van der Waals surface area contributed by atoms with Crippen molar-refractivity contribution in [3.8, 4) is 0 Å². The SMILES string of the molecule is Clc1ccc(/C=C/c2nc(/C=C/c3ccc(Cl)cc3)c(/C=C/c3ccc(Cl)cc3)nc2/C=C/c2ccc(Cl)cc2)cc1. The fourth-order valence-corrected chi connectivity index (χ4v) is 4.48. The first-order valence-electron chi connectivity index (χ1n) is 13.1. The lowest BCUT2D eigenvalue weighted by Crippen LogP contribution is -1.99. The fraction of sp³-hybridized carbons (Fsp3) is 0. The van der Waals surface area contributed by atoms with E-state index in [4.69, 9.17) is 56.4 Å². The number of halogens is 4. The summed E-state index contributed by atoms with van der Waals surface area (Å²) in [5.41, 5.74) is 6.86. The summed E-state index contributed by atoms with van der Waals surface area (Å²) in [7, 11) is 0. The molecule has 0 aliphatic carbocycles. The summed E-state index contributed by atoms with van der Waals surface area (Å²) < 4.78 is 0. The van der Waals surface area contributed by atoms with Crippen molar-refractivity contribution >= 4 is 95.0 Å². The van der Waals surface area contributed by atoms with Gasteiger partial charge < -0.3 is 0 Å². The Morgan fingerprint density at radius 2 is 0.476 bits per heavy atom. The molecule has 0 atom stereocenters. The van der Waals surface area contributed by atoms with Crippen LogP contribution in [-0.2, 0) is 0 Å². The van der Waals surface area contributed by atoms with Crippen molar-refractivity contribution in [3.63, 3.8) is 0 Å². The second kappa shape index (κ2) is 14.3. The van der Waals surface area contributed by atoms with Gasteiger partial charge in [0.2, 0.25) is 0 Å². The van der Waals surface area contributed by atoms with Crippen LogP contribution in [0.5, 0.6) is 0 Å². The van der Waals surface area contributed by atoms with Crippen LogP contribution in [0.4, 0.5) is 0 Å². The van der Waals surface area contributed by atoms with Crippen molar-refractivity contribution in [2.75, 3.05) is 0 Å². The van der Waals surface area contributed by atoms with E-state index in [0.717, 1.165) is 45.0 Å². The molecule has 0 saturated carbocycles. The Morgan fingerprint density at radius 1 is 0.286 bits per heavy atom. The van der Waals surface area contributed by atoms with E-state index in [1.54, 1.807) is 0 Å². The van der Waals surface area contributed by atoms with E-state index in [9.17, 15) is 0 Å². The number of benzene rings is 4. The quantitative estimate of drug-likeness (QED) is 0.171. The first kappa shape index (κ1) is 29.6. The Morgan fingerprint density at radius 3 is 0.667 bits per heavy atom. The molecule has 0 radical (unpaired) electrons. The molecule has 0 aliphatic rings. The highest BCUT2D eigenvalue weighted by atomic mass is 35.5. The molecular formula is C36H24Cl4N2. The molecule has 0 amide bonds. The van der Waals surface area contributed by atoms with Crippen LogP contribution in [0.2, 0.25) is 20.1 Å². The summed E-state index contributed by atoms with van der Waals surface area (Å²) in [5, 5.41) is 2.74. The van der Waals surface area contributed by atoms with E-state index in [2.05, 4.69) is 0 Å². The van der Waals surface area contributed by atoms with Gasteiger partial charge in [-0.1, -0.05) is 119 Å². The van der Waals surface area contributed by atoms with Gasteiger partial charge in [-0.3, -0.25) is 0 Å². The maximum absolute atomic E-state index is 6.09. The molecule has 0 N–H and O–H groups in total. The summed E-state index contributed by atoms with van der Waals surface area (Å²) in [4.78, 5) is 10.1. The maximum Gasteiger partial charge on any atom is 0.0894 e. The van der Waals surface area contributed by atoms with Crippen LogP contribution in [0.15, 0.2) is 97.1 Å². The van der Waals surface area contributed by atoms with E-state index >= 15 is 0 Å². The number of rotatable bonds is 8. The summed E-state index contributed by atoms with van der Waals surface area (Å²) in [6.45, 7) is 0. The predicted octanol–water partition coefficient (Wildman–Crippen LogP) is 11.8. The topological polar surface area (TPSA) is 25.8 Å². The van der Waals surface area contributed by atoms with Gasteiger partial charge in [0.1, 0.15) is 0 Å². The molecule has 0 bridgehead atoms. The van der Waals surface area contributed by atoms with E-state index in [1.165, 1.54) is 0 Å². The van der Waals surface area contributed by atoms with Gasteiger partial charge in [-0.2, -0.15) is 0 Å². The van der Waals surface area contributed by atoms with Gasteiger partial charge in [0.05, 0.1) is 22.8 Å². The molecule has 0 aliphatic heterocycles. The van der Waals surface area contributed by atoms with Crippen molar-refractivity contribution in [2.45, 2.75) is 0 Å². The molecule has 4 aromatic carbocycles. The molecule has 6 heteroatoms. The first-order valence-corrected chi connectivity index (χ1v) is 14.6. The van der Waals surface area contributed by atoms with Gasteiger partial charge in [0.15, 0.2) is 0 Å². The van der Waals surface area contributed by atoms with Crippen LogP contribution in [0.25, 0.3) is 48.6 Å². The van der Waals surface area contributed by atoms with Gasteiger partial charge in [-0.05, 0) is 95.1 Å². The summed E-state index contributed by atoms with van der Waals surface area (Å²) >= 11 is 24.3. The summed E-state index contributed by atoms with van der Waals surface area (Å²) in [5.74, 6) is 0. The third kappa shape index (κ3) is 8.55. The van der Waals surface area contributed by atoms with Crippen LogP contribution < -0.4 is 0 Å². The average Bonchev–Trinajstić information content (AvgIpc) is 3.00. The minimum Gasteiger partial charge on any atom is -0.245 e. The Bertz CT molecular complexity index is 1500. The van der Waals surface area contributed by atoms with Crippen molar-refractivity contribution < 1.29 is 0 Å². The third-order valence-corrected chi connectivity index (χ3v) is 7.23. The molecule has 206 valence electrons. The molecule has 5 rings (SSSR count). The second-order valence-electron chi connectivity index (χ2n) is 9.30. The largest absolute Gasteiger partial charge is 0.245 e. The van der Waals surface area contributed by atoms with Crippen molar-refractivity contribution in [1.29, 1.82) is 0 Å². The number of nitrogens with zero attached hydrogens (tertiary/aromatic N) is 2. The monoisotopic (exact) mass is 624 g/mol. The van der Waals surface area contributed by atoms with E-state index < -0.39 is 0 Å². The Labute approximate surface area is 265 Å². The third-order valence-electron chi connectivity index (χ3n) is 6.22. The average molecular weight is 626 g/mol. The van der Waals surface area contributed by atoms with Gasteiger partial charge in [0, 0.05) is 20.1 Å². The molecule has 0 saturated heterocycles. The van der Waals surface area contributed by atoms with Crippen molar-refractivity contribution in [3.05, 3.63) is 162 Å².